The maximum absolute atomic E-state index is 12.0. The molecule has 132 valence electrons. The highest BCUT2D eigenvalue weighted by Gasteiger charge is 2.25. The molecule has 0 radical (unpaired) electrons. The fourth-order valence-electron chi connectivity index (χ4n) is 2.43. The van der Waals surface area contributed by atoms with Crippen molar-refractivity contribution in [2.75, 3.05) is 21.3 Å². The smallest absolute Gasteiger partial charge is 0.343 e. The van der Waals surface area contributed by atoms with Crippen LogP contribution in [0.15, 0.2) is 42.8 Å². The largest absolute Gasteiger partial charge is 0.515 e. The molecule has 7 heteroatoms. The lowest BCUT2D eigenvalue weighted by molar-refractivity contribution is -0.133. The van der Waals surface area contributed by atoms with Gasteiger partial charge in [0.15, 0.2) is 0 Å². The molecule has 0 aliphatic rings. The van der Waals surface area contributed by atoms with Crippen molar-refractivity contribution in [3.05, 3.63) is 59.6 Å². The monoisotopic (exact) mass is 345 g/mol. The molecule has 1 N–H and O–H groups in total. The molecular formula is C18H19NO6. The van der Waals surface area contributed by atoms with Gasteiger partial charge in [0.1, 0.15) is 11.3 Å². The third-order valence-corrected chi connectivity index (χ3v) is 3.67. The summed E-state index contributed by atoms with van der Waals surface area (Å²) in [5, 5.41) is 9.49. The zero-order chi connectivity index (χ0) is 18.4. The predicted octanol–water partition coefficient (Wildman–Crippen LogP) is 2.40. The quantitative estimate of drug-likeness (QED) is 0.491. The van der Waals surface area contributed by atoms with E-state index in [2.05, 4.69) is 4.74 Å². The summed E-state index contributed by atoms with van der Waals surface area (Å²) < 4.78 is 16.2. The van der Waals surface area contributed by atoms with Gasteiger partial charge in [-0.05, 0) is 23.8 Å². The van der Waals surface area contributed by atoms with Crippen molar-refractivity contribution in [1.82, 2.24) is 4.57 Å². The Labute approximate surface area is 145 Å². The molecule has 0 spiro atoms. The van der Waals surface area contributed by atoms with Gasteiger partial charge in [-0.1, -0.05) is 12.1 Å². The Bertz CT molecular complexity index is 788. The van der Waals surface area contributed by atoms with E-state index in [-0.39, 0.29) is 16.8 Å². The molecule has 25 heavy (non-hydrogen) atoms. The summed E-state index contributed by atoms with van der Waals surface area (Å²) in [4.78, 5) is 24.0. The van der Waals surface area contributed by atoms with E-state index in [0.717, 1.165) is 11.3 Å². The van der Waals surface area contributed by atoms with Gasteiger partial charge in [-0.3, -0.25) is 0 Å². The van der Waals surface area contributed by atoms with Crippen LogP contribution in [0.5, 0.6) is 5.75 Å². The van der Waals surface area contributed by atoms with Gasteiger partial charge >= 0.3 is 11.9 Å². The number of aromatic nitrogens is 1. The second kappa shape index (κ2) is 8.05. The van der Waals surface area contributed by atoms with Crippen molar-refractivity contribution in [2.24, 2.45) is 0 Å². The van der Waals surface area contributed by atoms with Gasteiger partial charge in [0.25, 0.3) is 0 Å². The number of hydrogen-bond donors (Lipinski definition) is 1. The number of carbonyl (C=O) groups is 2. The average molecular weight is 345 g/mol. The number of carbonyl (C=O) groups excluding carboxylic acids is 2. The Hall–Kier alpha value is -3.22. The first-order valence-electron chi connectivity index (χ1n) is 7.39. The van der Waals surface area contributed by atoms with Crippen LogP contribution in [0.2, 0.25) is 0 Å². The molecule has 0 saturated heterocycles. The lowest BCUT2D eigenvalue weighted by Gasteiger charge is -2.13. The average Bonchev–Trinajstić information content (AvgIpc) is 3.05. The summed E-state index contributed by atoms with van der Waals surface area (Å²) in [6.45, 7) is 0.366. The number of ether oxygens (including phenoxy) is 3. The van der Waals surface area contributed by atoms with E-state index in [1.807, 2.05) is 24.3 Å². The van der Waals surface area contributed by atoms with E-state index < -0.39 is 11.9 Å². The van der Waals surface area contributed by atoms with E-state index in [4.69, 9.17) is 9.47 Å². The van der Waals surface area contributed by atoms with Crippen molar-refractivity contribution in [2.45, 2.75) is 6.54 Å². The molecule has 7 nitrogen and oxygen atoms in total. The number of rotatable bonds is 6. The van der Waals surface area contributed by atoms with Crippen LogP contribution in [0.4, 0.5) is 0 Å². The molecule has 0 aliphatic carbocycles. The number of esters is 2. The Morgan fingerprint density at radius 1 is 1.08 bits per heavy atom. The highest BCUT2D eigenvalue weighted by molar-refractivity contribution is 6.18. The molecule has 1 heterocycles. The second-order valence-electron chi connectivity index (χ2n) is 5.08. The summed E-state index contributed by atoms with van der Waals surface area (Å²) in [6, 6.07) is 8.87. The summed E-state index contributed by atoms with van der Waals surface area (Å²) in [6.07, 6.45) is 2.26. The molecule has 1 aromatic carbocycles. The molecule has 1 aromatic heterocycles. The molecule has 0 saturated carbocycles. The Morgan fingerprint density at radius 2 is 1.76 bits per heavy atom. The van der Waals surface area contributed by atoms with Crippen molar-refractivity contribution >= 4 is 17.5 Å². The van der Waals surface area contributed by atoms with Crippen LogP contribution >= 0.6 is 0 Å². The summed E-state index contributed by atoms with van der Waals surface area (Å²) in [5.41, 5.74) is 1.15. The van der Waals surface area contributed by atoms with Gasteiger partial charge in [-0.15, -0.1) is 0 Å². The van der Waals surface area contributed by atoms with Crippen LogP contribution in [0.3, 0.4) is 0 Å². The van der Waals surface area contributed by atoms with Crippen LogP contribution in [0.25, 0.3) is 5.57 Å². The minimum atomic E-state index is -0.762. The van der Waals surface area contributed by atoms with Crippen LogP contribution in [-0.4, -0.2) is 42.9 Å². The van der Waals surface area contributed by atoms with Crippen molar-refractivity contribution in [1.29, 1.82) is 0 Å². The first kappa shape index (κ1) is 18.1. The van der Waals surface area contributed by atoms with Gasteiger partial charge < -0.3 is 23.9 Å². The maximum Gasteiger partial charge on any atom is 0.343 e. The van der Waals surface area contributed by atoms with Crippen molar-refractivity contribution in [3.63, 3.8) is 0 Å². The second-order valence-corrected chi connectivity index (χ2v) is 5.08. The van der Waals surface area contributed by atoms with Gasteiger partial charge in [0.05, 0.1) is 38.8 Å². The van der Waals surface area contributed by atoms with E-state index in [1.54, 1.807) is 17.9 Å². The highest BCUT2D eigenvalue weighted by Crippen LogP contribution is 2.24. The number of aliphatic hydroxyl groups is 1. The van der Waals surface area contributed by atoms with Crippen molar-refractivity contribution < 1.29 is 28.9 Å². The molecule has 2 aromatic rings. The van der Waals surface area contributed by atoms with E-state index in [0.29, 0.717) is 12.8 Å². The van der Waals surface area contributed by atoms with Crippen LogP contribution in [0.1, 0.15) is 21.6 Å². The fourth-order valence-corrected chi connectivity index (χ4v) is 2.43. The third-order valence-electron chi connectivity index (χ3n) is 3.67. The summed E-state index contributed by atoms with van der Waals surface area (Å²) >= 11 is 0. The van der Waals surface area contributed by atoms with Crippen LogP contribution in [0, 0.1) is 0 Å². The third kappa shape index (κ3) is 3.82. The van der Waals surface area contributed by atoms with E-state index in [9.17, 15) is 14.7 Å². The first-order chi connectivity index (χ1) is 12.0. The standard InChI is InChI=1S/C18H19NO6/c1-23-13-6-4-12(5-7-13)10-19-9-8-14(17(21)24-2)16(19)15(11-20)18(22)25-3/h4-9,11,20H,10H2,1-3H3/b15-11-. The van der Waals surface area contributed by atoms with E-state index in [1.165, 1.54) is 20.3 Å². The minimum absolute atomic E-state index is 0.138. The molecule has 0 aliphatic heterocycles. The zero-order valence-corrected chi connectivity index (χ0v) is 14.2. The first-order valence-corrected chi connectivity index (χ1v) is 7.39. The Balaban J connectivity index is 2.48. The molecule has 0 bridgehead atoms. The molecule has 2 rings (SSSR count). The fraction of sp³-hybridized carbons (Fsp3) is 0.222. The lowest BCUT2D eigenvalue weighted by Crippen LogP contribution is -2.14. The maximum atomic E-state index is 12.0. The number of benzene rings is 1. The zero-order valence-electron chi connectivity index (χ0n) is 14.2. The SMILES string of the molecule is COC(=O)/C(=C\O)c1c(C(=O)OC)ccn1Cc1ccc(OC)cc1. The molecule has 0 fully saturated rings. The molecular weight excluding hydrogens is 326 g/mol. The van der Waals surface area contributed by atoms with Crippen molar-refractivity contribution in [3.8, 4) is 5.75 Å². The predicted molar refractivity (Wildman–Crippen MR) is 90.5 cm³/mol. The number of nitrogens with zero attached hydrogens (tertiary/aromatic N) is 1. The van der Waals surface area contributed by atoms with Gasteiger partial charge in [0.2, 0.25) is 0 Å². The van der Waals surface area contributed by atoms with E-state index >= 15 is 0 Å². The minimum Gasteiger partial charge on any atom is -0.515 e. The normalized spacial score (nSPS) is 11.1. The summed E-state index contributed by atoms with van der Waals surface area (Å²) in [7, 11) is 4.02. The number of aliphatic hydroxyl groups excluding tert-OH is 1. The number of methoxy groups -OCH3 is 3. The van der Waals surface area contributed by atoms with Gasteiger partial charge in [0, 0.05) is 12.7 Å². The van der Waals surface area contributed by atoms with Gasteiger partial charge in [-0.2, -0.15) is 0 Å². The lowest BCUT2D eigenvalue weighted by atomic mass is 10.1. The Morgan fingerprint density at radius 3 is 2.28 bits per heavy atom. The van der Waals surface area contributed by atoms with Crippen LogP contribution < -0.4 is 4.74 Å². The Kier molecular flexibility index (Phi) is 5.84. The molecule has 0 unspecified atom stereocenters. The topological polar surface area (TPSA) is 87.0 Å². The van der Waals surface area contributed by atoms with Crippen LogP contribution in [-0.2, 0) is 20.8 Å². The number of hydrogen-bond acceptors (Lipinski definition) is 6. The molecule has 0 atom stereocenters. The van der Waals surface area contributed by atoms with Gasteiger partial charge in [-0.25, -0.2) is 9.59 Å². The summed E-state index contributed by atoms with van der Waals surface area (Å²) in [5.74, 6) is -0.661. The molecule has 0 amide bonds. The highest BCUT2D eigenvalue weighted by atomic mass is 16.5.